The van der Waals surface area contributed by atoms with Gasteiger partial charge in [-0.05, 0) is 53.9 Å². The molecule has 0 saturated heterocycles. The van der Waals surface area contributed by atoms with Crippen molar-refractivity contribution in [1.82, 2.24) is 4.98 Å². The van der Waals surface area contributed by atoms with Gasteiger partial charge >= 0.3 is 5.97 Å². The Morgan fingerprint density at radius 2 is 1.37 bits per heavy atom. The van der Waals surface area contributed by atoms with E-state index in [1.54, 1.807) is 77.1 Å². The first-order valence-corrected chi connectivity index (χ1v) is 10.7. The summed E-state index contributed by atoms with van der Waals surface area (Å²) in [5, 5.41) is 5.83. The lowest BCUT2D eigenvalue weighted by molar-refractivity contribution is 0.0517. The van der Waals surface area contributed by atoms with Crippen molar-refractivity contribution >= 4 is 22.5 Å². The number of nitrogens with zero attached hydrogens (tertiary/aromatic N) is 2. The standard InChI is InChI=1S/C27H24N2O6/c1-31-21-11-10-19(15-22(21)32-2)25(29-35-27(30)17-8-6-5-7-9-17)26-20-16-24(34-4)23(33-3)14-18(20)12-13-28-26/h5-16H,1-4H3/b29-25-. The molecule has 1 aromatic heterocycles. The molecule has 0 aliphatic heterocycles. The fourth-order valence-corrected chi connectivity index (χ4v) is 3.62. The molecule has 0 spiro atoms. The predicted octanol–water partition coefficient (Wildman–Crippen LogP) is 4.88. The van der Waals surface area contributed by atoms with Gasteiger partial charge in [0, 0.05) is 17.1 Å². The Hall–Kier alpha value is -4.59. The van der Waals surface area contributed by atoms with Gasteiger partial charge in [-0.1, -0.05) is 23.4 Å². The zero-order valence-electron chi connectivity index (χ0n) is 19.8. The molecule has 35 heavy (non-hydrogen) atoms. The third kappa shape index (κ3) is 4.86. The Balaban J connectivity index is 1.89. The fraction of sp³-hybridized carbons (Fsp3) is 0.148. The van der Waals surface area contributed by atoms with Crippen LogP contribution in [0.4, 0.5) is 0 Å². The molecule has 8 nitrogen and oxygen atoms in total. The second kappa shape index (κ2) is 10.6. The number of hydrogen-bond acceptors (Lipinski definition) is 8. The van der Waals surface area contributed by atoms with Crippen LogP contribution < -0.4 is 18.9 Å². The minimum Gasteiger partial charge on any atom is -0.493 e. The van der Waals surface area contributed by atoms with E-state index in [0.717, 1.165) is 10.8 Å². The Bertz CT molecular complexity index is 1390. The van der Waals surface area contributed by atoms with Crippen LogP contribution in [0, 0.1) is 0 Å². The van der Waals surface area contributed by atoms with E-state index in [1.807, 2.05) is 24.3 Å². The average Bonchev–Trinajstić information content (AvgIpc) is 2.92. The first kappa shape index (κ1) is 23.6. The van der Waals surface area contributed by atoms with E-state index in [-0.39, 0.29) is 0 Å². The molecule has 0 N–H and O–H groups in total. The van der Waals surface area contributed by atoms with Crippen LogP contribution in [-0.4, -0.2) is 45.1 Å². The van der Waals surface area contributed by atoms with E-state index in [9.17, 15) is 4.79 Å². The minimum atomic E-state index is -0.594. The molecule has 0 saturated carbocycles. The van der Waals surface area contributed by atoms with Gasteiger partial charge in [-0.15, -0.1) is 0 Å². The molecule has 8 heteroatoms. The van der Waals surface area contributed by atoms with Gasteiger partial charge in [0.2, 0.25) is 0 Å². The van der Waals surface area contributed by atoms with Crippen molar-refractivity contribution in [2.75, 3.05) is 28.4 Å². The van der Waals surface area contributed by atoms with E-state index in [0.29, 0.717) is 45.5 Å². The topological polar surface area (TPSA) is 88.5 Å². The number of methoxy groups -OCH3 is 4. The molecule has 0 atom stereocenters. The number of hydrogen-bond donors (Lipinski definition) is 0. The first-order valence-electron chi connectivity index (χ1n) is 10.7. The van der Waals surface area contributed by atoms with Gasteiger partial charge in [0.05, 0.1) is 34.0 Å². The van der Waals surface area contributed by atoms with Gasteiger partial charge in [0.15, 0.2) is 23.0 Å². The van der Waals surface area contributed by atoms with Crippen LogP contribution in [0.25, 0.3) is 10.8 Å². The highest BCUT2D eigenvalue weighted by Crippen LogP contribution is 2.35. The smallest absolute Gasteiger partial charge is 0.365 e. The third-order valence-corrected chi connectivity index (χ3v) is 5.38. The molecule has 4 rings (SSSR count). The predicted molar refractivity (Wildman–Crippen MR) is 132 cm³/mol. The summed E-state index contributed by atoms with van der Waals surface area (Å²) in [6.45, 7) is 0. The molecule has 0 bridgehead atoms. The highest BCUT2D eigenvalue weighted by atomic mass is 16.7. The monoisotopic (exact) mass is 472 g/mol. The average molecular weight is 472 g/mol. The summed E-state index contributed by atoms with van der Waals surface area (Å²) in [6.07, 6.45) is 1.65. The maximum Gasteiger partial charge on any atom is 0.365 e. The fourth-order valence-electron chi connectivity index (χ4n) is 3.62. The summed E-state index contributed by atoms with van der Waals surface area (Å²) in [5.74, 6) is 1.56. The van der Waals surface area contributed by atoms with Crippen molar-refractivity contribution < 1.29 is 28.6 Å². The van der Waals surface area contributed by atoms with Gasteiger partial charge < -0.3 is 23.8 Å². The molecular formula is C27H24N2O6. The Morgan fingerprint density at radius 1 is 0.714 bits per heavy atom. The second-order valence-corrected chi connectivity index (χ2v) is 7.34. The summed E-state index contributed by atoms with van der Waals surface area (Å²) in [7, 11) is 6.23. The maximum atomic E-state index is 12.7. The van der Waals surface area contributed by atoms with Crippen LogP contribution in [-0.2, 0) is 4.84 Å². The van der Waals surface area contributed by atoms with E-state index in [1.165, 1.54) is 0 Å². The van der Waals surface area contributed by atoms with Crippen molar-refractivity contribution in [3.63, 3.8) is 0 Å². The Labute approximate surface area is 202 Å². The van der Waals surface area contributed by atoms with Crippen molar-refractivity contribution in [1.29, 1.82) is 0 Å². The third-order valence-electron chi connectivity index (χ3n) is 5.38. The Kier molecular flexibility index (Phi) is 7.11. The zero-order chi connectivity index (χ0) is 24.8. The van der Waals surface area contributed by atoms with Gasteiger partial charge in [-0.25, -0.2) is 4.79 Å². The molecule has 1 heterocycles. The normalized spacial score (nSPS) is 11.1. The molecular weight excluding hydrogens is 448 g/mol. The SMILES string of the molecule is COc1ccc(/C(=N/OC(=O)c2ccccc2)c2nccc3cc(OC)c(OC)cc23)cc1OC. The number of fused-ring (bicyclic) bond motifs is 1. The number of pyridine rings is 1. The number of aromatic nitrogens is 1. The van der Waals surface area contributed by atoms with Gasteiger partial charge in [0.25, 0.3) is 0 Å². The number of oxime groups is 1. The summed E-state index contributed by atoms with van der Waals surface area (Å²) in [4.78, 5) is 22.6. The van der Waals surface area contributed by atoms with Gasteiger partial charge in [-0.2, -0.15) is 0 Å². The summed E-state index contributed by atoms with van der Waals surface area (Å²) in [6, 6.07) is 19.4. The van der Waals surface area contributed by atoms with Crippen LogP contribution in [0.2, 0.25) is 0 Å². The van der Waals surface area contributed by atoms with Gasteiger partial charge in [0.1, 0.15) is 11.4 Å². The lowest BCUT2D eigenvalue weighted by atomic mass is 10.0. The molecule has 178 valence electrons. The molecule has 0 radical (unpaired) electrons. The van der Waals surface area contributed by atoms with Crippen LogP contribution in [0.15, 0.2) is 78.1 Å². The van der Waals surface area contributed by atoms with Crippen LogP contribution in [0.5, 0.6) is 23.0 Å². The maximum absolute atomic E-state index is 12.7. The van der Waals surface area contributed by atoms with E-state index < -0.39 is 5.97 Å². The van der Waals surface area contributed by atoms with Crippen molar-refractivity contribution in [2.45, 2.75) is 0 Å². The number of carbonyl (C=O) groups is 1. The molecule has 4 aromatic rings. The summed E-state index contributed by atoms with van der Waals surface area (Å²) in [5.41, 5.74) is 1.79. The van der Waals surface area contributed by atoms with Crippen LogP contribution >= 0.6 is 0 Å². The van der Waals surface area contributed by atoms with Crippen LogP contribution in [0.1, 0.15) is 21.6 Å². The van der Waals surface area contributed by atoms with E-state index in [2.05, 4.69) is 10.1 Å². The number of benzene rings is 3. The van der Waals surface area contributed by atoms with E-state index >= 15 is 0 Å². The number of rotatable bonds is 8. The summed E-state index contributed by atoms with van der Waals surface area (Å²) >= 11 is 0. The molecule has 0 unspecified atom stereocenters. The number of ether oxygens (including phenoxy) is 4. The first-order chi connectivity index (χ1) is 17.1. The summed E-state index contributed by atoms with van der Waals surface area (Å²) < 4.78 is 21.8. The molecule has 0 aliphatic carbocycles. The van der Waals surface area contributed by atoms with E-state index in [4.69, 9.17) is 23.8 Å². The largest absolute Gasteiger partial charge is 0.493 e. The minimum absolute atomic E-state index is 0.327. The Morgan fingerprint density at radius 3 is 2.06 bits per heavy atom. The van der Waals surface area contributed by atoms with Crippen molar-refractivity contribution in [3.8, 4) is 23.0 Å². The molecule has 0 amide bonds. The molecule has 3 aromatic carbocycles. The molecule has 0 aliphatic rings. The van der Waals surface area contributed by atoms with Crippen molar-refractivity contribution in [3.05, 3.63) is 89.7 Å². The van der Waals surface area contributed by atoms with Gasteiger partial charge in [-0.3, -0.25) is 4.98 Å². The zero-order valence-corrected chi connectivity index (χ0v) is 19.8. The molecule has 0 fully saturated rings. The van der Waals surface area contributed by atoms with Crippen LogP contribution in [0.3, 0.4) is 0 Å². The lowest BCUT2D eigenvalue weighted by Gasteiger charge is -2.14. The second-order valence-electron chi connectivity index (χ2n) is 7.34. The highest BCUT2D eigenvalue weighted by molar-refractivity contribution is 6.18. The number of carbonyl (C=O) groups excluding carboxylic acids is 1. The quantitative estimate of drug-likeness (QED) is 0.205. The highest BCUT2D eigenvalue weighted by Gasteiger charge is 2.19. The lowest BCUT2D eigenvalue weighted by Crippen LogP contribution is -2.11. The van der Waals surface area contributed by atoms with Crippen molar-refractivity contribution in [2.24, 2.45) is 5.16 Å².